The number of rotatable bonds is 3. The molecule has 0 spiro atoms. The molecule has 1 fully saturated rings. The lowest BCUT2D eigenvalue weighted by Crippen LogP contribution is -2.38. The van der Waals surface area contributed by atoms with Gasteiger partial charge in [0, 0.05) is 36.4 Å². The van der Waals surface area contributed by atoms with Gasteiger partial charge in [0.15, 0.2) is 0 Å². The highest BCUT2D eigenvalue weighted by molar-refractivity contribution is 7.89. The average molecular weight is 340 g/mol. The number of aromatic amines is 1. The molecule has 2 heterocycles. The number of aromatic nitrogens is 2. The minimum Gasteiger partial charge on any atom is -0.348 e. The van der Waals surface area contributed by atoms with Gasteiger partial charge < -0.3 is 4.98 Å². The third-order valence-corrected chi connectivity index (χ3v) is 6.44. The molecule has 0 amide bonds. The van der Waals surface area contributed by atoms with Gasteiger partial charge in [0.2, 0.25) is 10.0 Å². The van der Waals surface area contributed by atoms with Crippen LogP contribution in [-0.4, -0.2) is 35.8 Å². The first-order chi connectivity index (χ1) is 10.5. The molecule has 0 atom stereocenters. The minimum atomic E-state index is -3.48. The molecule has 1 aliphatic heterocycles. The van der Waals surface area contributed by atoms with Crippen molar-refractivity contribution in [1.82, 2.24) is 14.3 Å². The maximum absolute atomic E-state index is 12.7. The Morgan fingerprint density at radius 1 is 1.32 bits per heavy atom. The molecule has 0 unspecified atom stereocenters. The van der Waals surface area contributed by atoms with E-state index in [4.69, 9.17) is 11.6 Å². The SMILES string of the molecule is Cc1ccc(S(=O)(=O)N2CCC(c3ncc[nH]3)CC2)cc1Cl. The van der Waals surface area contributed by atoms with E-state index in [0.717, 1.165) is 24.2 Å². The second-order valence-electron chi connectivity index (χ2n) is 5.56. The van der Waals surface area contributed by atoms with Crippen molar-refractivity contribution in [2.24, 2.45) is 0 Å². The molecule has 1 saturated heterocycles. The molecule has 0 aliphatic carbocycles. The number of H-pyrrole nitrogens is 1. The highest BCUT2D eigenvalue weighted by Crippen LogP contribution is 2.30. The maximum atomic E-state index is 12.7. The predicted octanol–water partition coefficient (Wildman–Crippen LogP) is 2.94. The Kier molecular flexibility index (Phi) is 4.25. The van der Waals surface area contributed by atoms with Gasteiger partial charge in [-0.3, -0.25) is 0 Å². The summed E-state index contributed by atoms with van der Waals surface area (Å²) < 4.78 is 26.9. The highest BCUT2D eigenvalue weighted by atomic mass is 35.5. The molecule has 2 aromatic rings. The molecule has 118 valence electrons. The van der Waals surface area contributed by atoms with Gasteiger partial charge in [-0.25, -0.2) is 13.4 Å². The zero-order valence-corrected chi connectivity index (χ0v) is 13.9. The van der Waals surface area contributed by atoms with Crippen LogP contribution in [0.5, 0.6) is 0 Å². The zero-order chi connectivity index (χ0) is 15.7. The van der Waals surface area contributed by atoms with E-state index in [9.17, 15) is 8.42 Å². The van der Waals surface area contributed by atoms with Gasteiger partial charge in [0.05, 0.1) is 4.90 Å². The number of imidazole rings is 1. The topological polar surface area (TPSA) is 66.1 Å². The summed E-state index contributed by atoms with van der Waals surface area (Å²) in [6.07, 6.45) is 5.07. The molecule has 1 aromatic carbocycles. The number of nitrogens with zero attached hydrogens (tertiary/aromatic N) is 2. The normalized spacial score (nSPS) is 17.7. The van der Waals surface area contributed by atoms with Crippen LogP contribution in [0.3, 0.4) is 0 Å². The van der Waals surface area contributed by atoms with Gasteiger partial charge in [0.1, 0.15) is 5.82 Å². The van der Waals surface area contributed by atoms with Crippen molar-refractivity contribution in [3.8, 4) is 0 Å². The van der Waals surface area contributed by atoms with Crippen LogP contribution in [0.4, 0.5) is 0 Å². The first kappa shape index (κ1) is 15.5. The van der Waals surface area contributed by atoms with Crippen molar-refractivity contribution in [1.29, 1.82) is 0 Å². The van der Waals surface area contributed by atoms with Crippen LogP contribution in [-0.2, 0) is 10.0 Å². The number of sulfonamides is 1. The molecular formula is C15H18ClN3O2S. The van der Waals surface area contributed by atoms with E-state index in [-0.39, 0.29) is 4.90 Å². The molecule has 0 saturated carbocycles. The van der Waals surface area contributed by atoms with Crippen LogP contribution in [0.15, 0.2) is 35.5 Å². The fourth-order valence-electron chi connectivity index (χ4n) is 2.75. The summed E-state index contributed by atoms with van der Waals surface area (Å²) >= 11 is 6.05. The van der Waals surface area contributed by atoms with Gasteiger partial charge in [0.25, 0.3) is 0 Å². The summed E-state index contributed by atoms with van der Waals surface area (Å²) in [7, 11) is -3.48. The summed E-state index contributed by atoms with van der Waals surface area (Å²) in [5, 5.41) is 0.478. The van der Waals surface area contributed by atoms with Crippen molar-refractivity contribution in [3.63, 3.8) is 0 Å². The highest BCUT2D eigenvalue weighted by Gasteiger charge is 2.30. The molecule has 3 rings (SSSR count). The largest absolute Gasteiger partial charge is 0.348 e. The number of hydrogen-bond acceptors (Lipinski definition) is 3. The summed E-state index contributed by atoms with van der Waals surface area (Å²) in [6, 6.07) is 4.89. The Morgan fingerprint density at radius 3 is 2.64 bits per heavy atom. The lowest BCUT2D eigenvalue weighted by Gasteiger charge is -2.30. The number of halogens is 1. The molecule has 1 aromatic heterocycles. The Bertz CT molecular complexity index is 751. The van der Waals surface area contributed by atoms with E-state index >= 15 is 0 Å². The van der Waals surface area contributed by atoms with Crippen LogP contribution >= 0.6 is 11.6 Å². The third-order valence-electron chi connectivity index (χ3n) is 4.14. The van der Waals surface area contributed by atoms with Gasteiger partial charge in [-0.15, -0.1) is 0 Å². The molecule has 1 N–H and O–H groups in total. The fourth-order valence-corrected chi connectivity index (χ4v) is 4.50. The number of benzene rings is 1. The first-order valence-corrected chi connectivity index (χ1v) is 9.06. The molecule has 0 bridgehead atoms. The molecule has 7 heteroatoms. The molecule has 22 heavy (non-hydrogen) atoms. The number of nitrogens with one attached hydrogen (secondary N) is 1. The van der Waals surface area contributed by atoms with E-state index < -0.39 is 10.0 Å². The Labute approximate surface area is 135 Å². The molecule has 0 radical (unpaired) electrons. The van der Waals surface area contributed by atoms with Crippen molar-refractivity contribution in [2.45, 2.75) is 30.6 Å². The van der Waals surface area contributed by atoms with E-state index in [1.54, 1.807) is 24.5 Å². The summed E-state index contributed by atoms with van der Waals surface area (Å²) in [4.78, 5) is 7.64. The fraction of sp³-hybridized carbons (Fsp3) is 0.400. The standard InChI is InChI=1S/C15H18ClN3O2S/c1-11-2-3-13(10-14(11)16)22(20,21)19-8-4-12(5-9-19)15-17-6-7-18-15/h2-3,6-7,10,12H,4-5,8-9H2,1H3,(H,17,18). The van der Waals surface area contributed by atoms with Crippen molar-refractivity contribution < 1.29 is 8.42 Å². The molecule has 5 nitrogen and oxygen atoms in total. The number of aryl methyl sites for hydroxylation is 1. The Hall–Kier alpha value is -1.37. The van der Waals surface area contributed by atoms with Crippen molar-refractivity contribution in [2.75, 3.05) is 13.1 Å². The quantitative estimate of drug-likeness (QED) is 0.935. The van der Waals surface area contributed by atoms with Gasteiger partial charge in [-0.05, 0) is 37.5 Å². The summed E-state index contributed by atoms with van der Waals surface area (Å²) in [5.41, 5.74) is 0.872. The minimum absolute atomic E-state index is 0.263. The van der Waals surface area contributed by atoms with Crippen LogP contribution in [0.2, 0.25) is 5.02 Å². The second kappa shape index (κ2) is 6.02. The second-order valence-corrected chi connectivity index (χ2v) is 7.91. The first-order valence-electron chi connectivity index (χ1n) is 7.24. The molecule has 1 aliphatic rings. The summed E-state index contributed by atoms with van der Waals surface area (Å²) in [6.45, 7) is 2.85. The lowest BCUT2D eigenvalue weighted by molar-refractivity contribution is 0.314. The number of piperidine rings is 1. The van der Waals surface area contributed by atoms with Crippen molar-refractivity contribution >= 4 is 21.6 Å². The summed E-state index contributed by atoms with van der Waals surface area (Å²) in [5.74, 6) is 1.23. The van der Waals surface area contributed by atoms with Gasteiger partial charge >= 0.3 is 0 Å². The monoisotopic (exact) mass is 339 g/mol. The zero-order valence-electron chi connectivity index (χ0n) is 12.3. The van der Waals surface area contributed by atoms with Crippen LogP contribution in [0, 0.1) is 6.92 Å². The van der Waals surface area contributed by atoms with Gasteiger partial charge in [-0.2, -0.15) is 4.31 Å². The van der Waals surface area contributed by atoms with Gasteiger partial charge in [-0.1, -0.05) is 17.7 Å². The average Bonchev–Trinajstić information content (AvgIpc) is 3.04. The van der Waals surface area contributed by atoms with Crippen LogP contribution in [0.25, 0.3) is 0 Å². The number of hydrogen-bond donors (Lipinski definition) is 1. The van der Waals surface area contributed by atoms with Crippen molar-refractivity contribution in [3.05, 3.63) is 47.0 Å². The maximum Gasteiger partial charge on any atom is 0.243 e. The smallest absolute Gasteiger partial charge is 0.243 e. The Morgan fingerprint density at radius 2 is 2.05 bits per heavy atom. The predicted molar refractivity (Wildman–Crippen MR) is 85.5 cm³/mol. The third kappa shape index (κ3) is 2.91. The Balaban J connectivity index is 1.75. The lowest BCUT2D eigenvalue weighted by atomic mass is 9.98. The van der Waals surface area contributed by atoms with E-state index in [0.29, 0.717) is 24.0 Å². The van der Waals surface area contributed by atoms with Crippen LogP contribution < -0.4 is 0 Å². The van der Waals surface area contributed by atoms with E-state index in [1.165, 1.54) is 10.4 Å². The van der Waals surface area contributed by atoms with E-state index in [2.05, 4.69) is 9.97 Å². The molecular weight excluding hydrogens is 322 g/mol. The van der Waals surface area contributed by atoms with Crippen LogP contribution in [0.1, 0.15) is 30.1 Å². The van der Waals surface area contributed by atoms with E-state index in [1.807, 2.05) is 6.92 Å².